The Labute approximate surface area is 82.8 Å². The fourth-order valence-corrected chi connectivity index (χ4v) is 1.04. The van der Waals surface area contributed by atoms with Crippen LogP contribution in [0.1, 0.15) is 0 Å². The van der Waals surface area contributed by atoms with E-state index >= 15 is 0 Å². The summed E-state index contributed by atoms with van der Waals surface area (Å²) in [5.74, 6) is 0. The molecule has 0 unspecified atom stereocenters. The molecule has 0 aliphatic heterocycles. The predicted molar refractivity (Wildman–Crippen MR) is 49.4 cm³/mol. The Kier molecular flexibility index (Phi) is 2.91. The average molecular weight is 211 g/mol. The molecule has 0 saturated heterocycles. The molecule has 0 aliphatic carbocycles. The van der Waals surface area contributed by atoms with Crippen molar-refractivity contribution < 1.29 is 14.6 Å². The summed E-state index contributed by atoms with van der Waals surface area (Å²) in [5.41, 5.74) is -1.45. The number of nitrogens with zero attached hydrogens (tertiary/aromatic N) is 2. The highest BCUT2D eigenvalue weighted by Crippen LogP contribution is 2.32. The molecule has 0 aliphatic rings. The number of benzene rings is 1. The Hall–Kier alpha value is -2.51. The molecule has 1 rings (SSSR count). The Bertz CT molecular complexity index is 398. The van der Waals surface area contributed by atoms with Crippen LogP contribution in [-0.2, 0) is 4.79 Å². The van der Waals surface area contributed by atoms with Crippen molar-refractivity contribution in [1.29, 1.82) is 0 Å². The number of hydrogen-bond acceptors (Lipinski definition) is 5. The summed E-state index contributed by atoms with van der Waals surface area (Å²) in [5, 5.41) is 22.9. The molecule has 8 heteroatoms. The van der Waals surface area contributed by atoms with E-state index in [-0.39, 0.29) is 6.41 Å². The molecule has 1 amide bonds. The molecular weight excluding hydrogens is 206 g/mol. The van der Waals surface area contributed by atoms with Gasteiger partial charge in [-0.05, 0) is 6.07 Å². The minimum Gasteiger partial charge on any atom is -0.317 e. The van der Waals surface area contributed by atoms with E-state index in [4.69, 9.17) is 0 Å². The summed E-state index contributed by atoms with van der Waals surface area (Å²) in [6, 6.07) is 3.31. The van der Waals surface area contributed by atoms with E-state index in [9.17, 15) is 25.0 Å². The van der Waals surface area contributed by atoms with E-state index in [2.05, 4.69) is 0 Å². The molecule has 1 aromatic carbocycles. The SMILES string of the molecule is O=CNc1c([N+](=O)[O-])cccc1[N+](=O)[O-]. The lowest BCUT2D eigenvalue weighted by Gasteiger charge is -2.01. The van der Waals surface area contributed by atoms with Crippen LogP contribution in [-0.4, -0.2) is 16.3 Å². The summed E-state index contributed by atoms with van der Waals surface area (Å²) in [6.45, 7) is 0. The first-order valence-electron chi connectivity index (χ1n) is 3.70. The molecule has 0 heterocycles. The van der Waals surface area contributed by atoms with Crippen LogP contribution in [0.2, 0.25) is 0 Å². The van der Waals surface area contributed by atoms with Crippen molar-refractivity contribution in [2.45, 2.75) is 0 Å². The molecule has 8 nitrogen and oxygen atoms in total. The Morgan fingerprint density at radius 3 is 1.93 bits per heavy atom. The quantitative estimate of drug-likeness (QED) is 0.454. The van der Waals surface area contributed by atoms with Crippen molar-refractivity contribution in [1.82, 2.24) is 0 Å². The highest BCUT2D eigenvalue weighted by Gasteiger charge is 2.23. The fraction of sp³-hybridized carbons (Fsp3) is 0. The molecule has 15 heavy (non-hydrogen) atoms. The number of amides is 1. The van der Waals surface area contributed by atoms with Crippen molar-refractivity contribution >= 4 is 23.5 Å². The predicted octanol–water partition coefficient (Wildman–Crippen LogP) is 1.07. The number of carbonyl (C=O) groups excluding carboxylic acids is 1. The summed E-state index contributed by atoms with van der Waals surface area (Å²) >= 11 is 0. The van der Waals surface area contributed by atoms with Crippen LogP contribution in [0.4, 0.5) is 17.1 Å². The number of nitrogens with one attached hydrogen (secondary N) is 1. The largest absolute Gasteiger partial charge is 0.317 e. The van der Waals surface area contributed by atoms with Gasteiger partial charge in [0.1, 0.15) is 0 Å². The van der Waals surface area contributed by atoms with Crippen LogP contribution in [0, 0.1) is 20.2 Å². The van der Waals surface area contributed by atoms with E-state index in [0.717, 1.165) is 12.1 Å². The number of nitro benzene ring substituents is 2. The Morgan fingerprint density at radius 2 is 1.60 bits per heavy atom. The maximum absolute atomic E-state index is 10.5. The molecule has 0 radical (unpaired) electrons. The standard InChI is InChI=1S/C7H5N3O5/c11-4-8-7-5(9(12)13)2-1-3-6(7)10(14)15/h1-4H,(H,8,11). The van der Waals surface area contributed by atoms with E-state index < -0.39 is 26.9 Å². The van der Waals surface area contributed by atoms with Gasteiger partial charge < -0.3 is 5.32 Å². The molecule has 1 N–H and O–H groups in total. The maximum Gasteiger partial charge on any atom is 0.299 e. The van der Waals surface area contributed by atoms with E-state index in [1.165, 1.54) is 6.07 Å². The maximum atomic E-state index is 10.5. The molecular formula is C7H5N3O5. The third kappa shape index (κ3) is 2.05. The van der Waals surface area contributed by atoms with Gasteiger partial charge in [0.05, 0.1) is 9.85 Å². The van der Waals surface area contributed by atoms with Crippen LogP contribution in [0.5, 0.6) is 0 Å². The zero-order valence-corrected chi connectivity index (χ0v) is 7.25. The lowest BCUT2D eigenvalue weighted by Crippen LogP contribution is -2.03. The van der Waals surface area contributed by atoms with E-state index in [1.54, 1.807) is 0 Å². The number of para-hydroxylation sites is 1. The lowest BCUT2D eigenvalue weighted by molar-refractivity contribution is -0.392. The van der Waals surface area contributed by atoms with E-state index in [1.807, 2.05) is 5.32 Å². The summed E-state index contributed by atoms with van der Waals surface area (Å²) in [6.07, 6.45) is 0.148. The van der Waals surface area contributed by atoms with Crippen molar-refractivity contribution in [3.8, 4) is 0 Å². The third-order valence-electron chi connectivity index (χ3n) is 1.62. The van der Waals surface area contributed by atoms with Gasteiger partial charge >= 0.3 is 0 Å². The summed E-state index contributed by atoms with van der Waals surface area (Å²) in [7, 11) is 0. The molecule has 0 bridgehead atoms. The molecule has 0 saturated carbocycles. The first kappa shape index (κ1) is 10.6. The molecule has 1 aromatic rings. The first-order chi connectivity index (χ1) is 7.07. The highest BCUT2D eigenvalue weighted by molar-refractivity contribution is 5.84. The number of anilines is 1. The van der Waals surface area contributed by atoms with Gasteiger partial charge in [0.2, 0.25) is 6.41 Å². The van der Waals surface area contributed by atoms with Gasteiger partial charge in [-0.3, -0.25) is 25.0 Å². The number of carbonyl (C=O) groups is 1. The minimum atomic E-state index is -0.807. The van der Waals surface area contributed by atoms with Crippen LogP contribution in [0.3, 0.4) is 0 Å². The summed E-state index contributed by atoms with van der Waals surface area (Å²) in [4.78, 5) is 29.6. The molecule has 0 aromatic heterocycles. The third-order valence-corrected chi connectivity index (χ3v) is 1.62. The smallest absolute Gasteiger partial charge is 0.299 e. The molecule has 0 fully saturated rings. The molecule has 0 atom stereocenters. The Morgan fingerprint density at radius 1 is 1.13 bits per heavy atom. The van der Waals surface area contributed by atoms with Crippen LogP contribution >= 0.6 is 0 Å². The van der Waals surface area contributed by atoms with Gasteiger partial charge in [-0.2, -0.15) is 0 Å². The van der Waals surface area contributed by atoms with Gasteiger partial charge in [-0.1, -0.05) is 0 Å². The normalized spacial score (nSPS) is 9.33. The monoisotopic (exact) mass is 211 g/mol. The highest BCUT2D eigenvalue weighted by atomic mass is 16.6. The van der Waals surface area contributed by atoms with Crippen LogP contribution in [0.25, 0.3) is 0 Å². The number of hydrogen-bond donors (Lipinski definition) is 1. The van der Waals surface area contributed by atoms with Crippen molar-refractivity contribution in [3.05, 3.63) is 38.4 Å². The minimum absolute atomic E-state index is 0.148. The zero-order chi connectivity index (χ0) is 11.4. The fourth-order valence-electron chi connectivity index (χ4n) is 1.04. The Balaban J connectivity index is 3.40. The van der Waals surface area contributed by atoms with Gasteiger partial charge in [-0.25, -0.2) is 0 Å². The number of nitro groups is 2. The van der Waals surface area contributed by atoms with Gasteiger partial charge in [0, 0.05) is 12.1 Å². The van der Waals surface area contributed by atoms with Crippen LogP contribution < -0.4 is 5.32 Å². The summed E-state index contributed by atoms with van der Waals surface area (Å²) < 4.78 is 0. The van der Waals surface area contributed by atoms with E-state index in [0.29, 0.717) is 0 Å². The average Bonchev–Trinajstić information content (AvgIpc) is 2.17. The van der Waals surface area contributed by atoms with Crippen LogP contribution in [0.15, 0.2) is 18.2 Å². The molecule has 0 spiro atoms. The number of rotatable bonds is 4. The van der Waals surface area contributed by atoms with Gasteiger partial charge in [-0.15, -0.1) is 0 Å². The second kappa shape index (κ2) is 4.13. The van der Waals surface area contributed by atoms with Crippen molar-refractivity contribution in [2.24, 2.45) is 0 Å². The van der Waals surface area contributed by atoms with Crippen molar-refractivity contribution in [3.63, 3.8) is 0 Å². The second-order valence-electron chi connectivity index (χ2n) is 2.45. The second-order valence-corrected chi connectivity index (χ2v) is 2.45. The van der Waals surface area contributed by atoms with Gasteiger partial charge in [0.25, 0.3) is 11.4 Å². The topological polar surface area (TPSA) is 115 Å². The van der Waals surface area contributed by atoms with Gasteiger partial charge in [0.15, 0.2) is 5.69 Å². The molecule has 78 valence electrons. The first-order valence-corrected chi connectivity index (χ1v) is 3.70. The lowest BCUT2D eigenvalue weighted by atomic mass is 10.2. The van der Waals surface area contributed by atoms with Crippen molar-refractivity contribution in [2.75, 3.05) is 5.32 Å². The zero-order valence-electron chi connectivity index (χ0n) is 7.25.